The molecule has 5 saturated carbocycles. The lowest BCUT2D eigenvalue weighted by molar-refractivity contribution is -0.252. The second kappa shape index (κ2) is 10.5. The molecule has 1 heterocycles. The fourth-order valence-corrected chi connectivity index (χ4v) is 13.4. The maximum Gasteiger partial charge on any atom is 0.332 e. The Balaban J connectivity index is 1.38. The van der Waals surface area contributed by atoms with Crippen molar-refractivity contribution in [3.05, 3.63) is 0 Å². The molecule has 1 aliphatic heterocycles. The highest BCUT2D eigenvalue weighted by atomic mass is 35.5. The van der Waals surface area contributed by atoms with Crippen LogP contribution in [0.2, 0.25) is 0 Å². The number of alkyl halides is 2. The van der Waals surface area contributed by atoms with Gasteiger partial charge < -0.3 is 24.4 Å². The summed E-state index contributed by atoms with van der Waals surface area (Å²) in [6, 6.07) is 0. The fourth-order valence-electron chi connectivity index (χ4n) is 13.3. The van der Waals surface area contributed by atoms with E-state index in [1.54, 1.807) is 27.7 Å². The number of ether oxygens (including phenoxy) is 3. The molecule has 6 rings (SSSR count). The van der Waals surface area contributed by atoms with Crippen LogP contribution in [0.5, 0.6) is 0 Å². The molecular weight excluding hydrogens is 604 g/mol. The molecule has 0 unspecified atom stereocenters. The Kier molecular flexibility index (Phi) is 7.97. The van der Waals surface area contributed by atoms with E-state index in [-0.39, 0.29) is 65.2 Å². The second-order valence-electron chi connectivity index (χ2n) is 17.7. The number of esters is 1. The Morgan fingerprint density at radius 1 is 1.02 bits per heavy atom. The van der Waals surface area contributed by atoms with Crippen molar-refractivity contribution in [2.24, 2.45) is 50.7 Å². The van der Waals surface area contributed by atoms with Crippen LogP contribution in [0.25, 0.3) is 0 Å². The largest absolute Gasteiger partial charge is 0.460 e. The van der Waals surface area contributed by atoms with Crippen LogP contribution >= 0.6 is 11.8 Å². The molecule has 0 aromatic heterocycles. The molecule has 1 saturated heterocycles. The second-order valence-corrected chi connectivity index (χ2v) is 17.9. The number of aliphatic hydroxyl groups is 2. The Morgan fingerprint density at radius 2 is 1.69 bits per heavy atom. The zero-order valence-corrected chi connectivity index (χ0v) is 29.2. The molecule has 12 atom stereocenters. The van der Waals surface area contributed by atoms with Crippen molar-refractivity contribution in [2.75, 3.05) is 19.8 Å². The van der Waals surface area contributed by atoms with Crippen molar-refractivity contribution in [2.45, 2.75) is 142 Å². The predicted octanol–water partition coefficient (Wildman–Crippen LogP) is 6.27. The van der Waals surface area contributed by atoms with Gasteiger partial charge in [0, 0.05) is 30.2 Å². The van der Waals surface area contributed by atoms with Crippen LogP contribution in [0.3, 0.4) is 0 Å². The monoisotopic (exact) mass is 659 g/mol. The maximum absolute atomic E-state index is 15.8. The van der Waals surface area contributed by atoms with Crippen molar-refractivity contribution >= 4 is 17.7 Å². The highest BCUT2D eigenvalue weighted by Gasteiger charge is 2.90. The van der Waals surface area contributed by atoms with Crippen LogP contribution in [0.4, 0.5) is 8.78 Å². The van der Waals surface area contributed by atoms with E-state index in [0.717, 1.165) is 25.7 Å². The first kappa shape index (κ1) is 34.3. The van der Waals surface area contributed by atoms with E-state index in [1.807, 2.05) is 0 Å². The summed E-state index contributed by atoms with van der Waals surface area (Å²) in [5.41, 5.74) is -4.04. The minimum Gasteiger partial charge on any atom is -0.460 e. The van der Waals surface area contributed by atoms with E-state index in [2.05, 4.69) is 32.5 Å². The van der Waals surface area contributed by atoms with E-state index in [0.29, 0.717) is 25.8 Å². The van der Waals surface area contributed by atoms with Gasteiger partial charge in [-0.05, 0) is 111 Å². The van der Waals surface area contributed by atoms with Crippen LogP contribution < -0.4 is 4.84 Å². The number of fused-ring (bicyclic) bond motifs is 2. The van der Waals surface area contributed by atoms with Crippen molar-refractivity contribution in [3.8, 4) is 0 Å². The van der Waals surface area contributed by atoms with Gasteiger partial charge in [-0.15, -0.1) is 0 Å². The third-order valence-electron chi connectivity index (χ3n) is 15.4. The average Bonchev–Trinajstić information content (AvgIpc) is 3.13. The van der Waals surface area contributed by atoms with Gasteiger partial charge in [0.05, 0.1) is 30.0 Å². The van der Waals surface area contributed by atoms with Crippen LogP contribution in [0, 0.1) is 50.7 Å². The zero-order chi connectivity index (χ0) is 33.2. The fraction of sp³-hybridized carbons (Fsp3) is 0.971. The van der Waals surface area contributed by atoms with E-state index in [1.165, 1.54) is 0 Å². The summed E-state index contributed by atoms with van der Waals surface area (Å²) in [5, 5.41) is 22.8. The standard InChI is InChI=1S/C35H56ClF2NO6/c1-20-33-12-11-30(6)26(32(8)10-9-24(45-32)29(4,5)42)21(40)18-31(30,7)23(33)17-22(44-25(41)19-43-16-15-39-36)27-28(2,3)35(37,38)14-13-34(20,27)33/h20-24,26-27,39-40,42H,9-19H2,1-8H3/t20-,21-,22-,23-,24-,26-,27-,30+,31-,32-,33-,34+/m0/s1. The summed E-state index contributed by atoms with van der Waals surface area (Å²) in [6.45, 7) is 16.3. The van der Waals surface area contributed by atoms with E-state index < -0.39 is 46.6 Å². The van der Waals surface area contributed by atoms with Crippen LogP contribution in [0.15, 0.2) is 0 Å². The number of nitrogens with one attached hydrogen (secondary N) is 1. The van der Waals surface area contributed by atoms with Gasteiger partial charge in [0.2, 0.25) is 0 Å². The minimum atomic E-state index is -2.88. The number of halogens is 3. The first-order chi connectivity index (χ1) is 20.7. The predicted molar refractivity (Wildman–Crippen MR) is 167 cm³/mol. The molecule has 10 heteroatoms. The number of carbonyl (C=O) groups is 1. The minimum absolute atomic E-state index is 0.0893. The highest BCUT2D eigenvalue weighted by Crippen LogP contribution is 2.92. The molecule has 3 N–H and O–H groups in total. The zero-order valence-electron chi connectivity index (χ0n) is 28.5. The van der Waals surface area contributed by atoms with Gasteiger partial charge in [-0.2, -0.15) is 0 Å². The lowest BCUT2D eigenvalue weighted by Gasteiger charge is -2.64. The molecule has 0 aromatic carbocycles. The van der Waals surface area contributed by atoms with Gasteiger partial charge in [0.15, 0.2) is 0 Å². The number of rotatable bonds is 8. The van der Waals surface area contributed by atoms with Crippen molar-refractivity contribution in [1.82, 2.24) is 4.84 Å². The normalized spacial score (nSPS) is 51.1. The van der Waals surface area contributed by atoms with Gasteiger partial charge >= 0.3 is 5.97 Å². The maximum atomic E-state index is 15.8. The van der Waals surface area contributed by atoms with Gasteiger partial charge in [0.25, 0.3) is 5.92 Å². The molecule has 7 nitrogen and oxygen atoms in total. The Bertz CT molecular complexity index is 1200. The molecule has 5 aliphatic carbocycles. The molecular formula is C35H56ClF2NO6. The molecule has 0 aromatic rings. The Labute approximate surface area is 272 Å². The van der Waals surface area contributed by atoms with Crippen molar-refractivity contribution < 1.29 is 38.0 Å². The lowest BCUT2D eigenvalue weighted by atomic mass is 9.41. The first-order valence-corrected chi connectivity index (χ1v) is 17.6. The molecule has 45 heavy (non-hydrogen) atoms. The quantitative estimate of drug-likeness (QED) is 0.161. The van der Waals surface area contributed by atoms with Crippen LogP contribution in [-0.2, 0) is 19.0 Å². The van der Waals surface area contributed by atoms with Gasteiger partial charge in [-0.1, -0.05) is 34.6 Å². The Morgan fingerprint density at radius 3 is 2.31 bits per heavy atom. The number of carbonyl (C=O) groups excluding carboxylic acids is 1. The van der Waals surface area contributed by atoms with Gasteiger partial charge in [-0.3, -0.25) is 0 Å². The van der Waals surface area contributed by atoms with E-state index in [9.17, 15) is 15.0 Å². The summed E-state index contributed by atoms with van der Waals surface area (Å²) in [5.74, 6) is -3.73. The summed E-state index contributed by atoms with van der Waals surface area (Å²) >= 11 is 5.52. The topological polar surface area (TPSA) is 97.3 Å². The summed E-state index contributed by atoms with van der Waals surface area (Å²) < 4.78 is 50.1. The molecule has 258 valence electrons. The molecule has 6 aliphatic rings. The van der Waals surface area contributed by atoms with Crippen LogP contribution in [0.1, 0.15) is 107 Å². The lowest BCUT2D eigenvalue weighted by Crippen LogP contribution is -2.64. The summed E-state index contributed by atoms with van der Waals surface area (Å²) in [4.78, 5) is 15.7. The van der Waals surface area contributed by atoms with Crippen molar-refractivity contribution in [3.63, 3.8) is 0 Å². The van der Waals surface area contributed by atoms with Crippen LogP contribution in [-0.4, -0.2) is 71.4 Å². The third-order valence-corrected chi connectivity index (χ3v) is 15.5. The SMILES string of the molecule is C[C@H]1[C@@]23CC[C@]4(C)[C@@H]([C@]5(C)CC[C@@H](C(C)(C)O)O5)[C@@H](O)C[C@@]4(C)[C@@H]2C[C@H](OC(=O)COCCNCl)[C@H]2C(C)(C)C(F)(F)CC[C@@]123. The molecule has 0 radical (unpaired) electrons. The third kappa shape index (κ3) is 4.38. The molecule has 2 spiro atoms. The molecule has 6 fully saturated rings. The van der Waals surface area contributed by atoms with E-state index in [4.69, 9.17) is 26.0 Å². The smallest absolute Gasteiger partial charge is 0.332 e. The molecule has 0 bridgehead atoms. The van der Waals surface area contributed by atoms with Crippen molar-refractivity contribution in [1.29, 1.82) is 0 Å². The number of hydrogen-bond donors (Lipinski definition) is 3. The number of hydrogen-bond acceptors (Lipinski definition) is 7. The first-order valence-electron chi connectivity index (χ1n) is 17.3. The number of aliphatic hydroxyl groups excluding tert-OH is 1. The summed E-state index contributed by atoms with van der Waals surface area (Å²) in [7, 11) is 0. The Hall–Kier alpha value is -0.580. The average molecular weight is 660 g/mol. The van der Waals surface area contributed by atoms with Gasteiger partial charge in [0.1, 0.15) is 12.7 Å². The van der Waals surface area contributed by atoms with E-state index >= 15 is 8.78 Å². The molecule has 0 amide bonds. The van der Waals surface area contributed by atoms with Gasteiger partial charge in [-0.25, -0.2) is 18.4 Å². The highest BCUT2D eigenvalue weighted by molar-refractivity contribution is 6.13. The summed E-state index contributed by atoms with van der Waals surface area (Å²) in [6.07, 6.45) is 3.06.